The third-order valence-corrected chi connectivity index (χ3v) is 21.3. The van der Waals surface area contributed by atoms with Crippen molar-refractivity contribution in [2.45, 2.75) is 273 Å². The van der Waals surface area contributed by atoms with Crippen molar-refractivity contribution < 1.29 is 62.0 Å². The molecule has 0 aliphatic heterocycles. The number of amides is 2. The highest BCUT2D eigenvalue weighted by atomic mass is 16.5. The van der Waals surface area contributed by atoms with Crippen LogP contribution in [0.4, 0.5) is 5.69 Å². The SMILES string of the molecule is C.CC(=O)Nc1ccc(C(C)C)cc1.CC(=O)c1ccc(C(C)C)cc1.CC(=O)c1ccc(C(C)C)cc1.CC(=O)c1ccc(C(C)C)cc1.CC(=O)c1ccc(C(C)C)cc1.CC(C)c1ccccc1C(N)=O.CCOC(=O)c1ccccc1C(C)C.COC(=O)c1ccccc1C(C)C.COc1ccc(C(C)C)c(OC)c1.COc1ccccc1C(C)C.Cc1ccc(C(C)C)cc1. The molecule has 730 valence electrons. The average Bonchev–Trinajstić information content (AvgIpc) is 0.853. The number of nitrogens with one attached hydrogen (secondary N) is 1. The van der Waals surface area contributed by atoms with Crippen molar-refractivity contribution >= 4 is 52.6 Å². The quantitative estimate of drug-likeness (QED) is 0.0450. The van der Waals surface area contributed by atoms with E-state index in [0.717, 1.165) is 61.9 Å². The molecule has 0 aliphatic rings. The number of anilines is 1. The molecule has 3 N–H and O–H groups in total. The first-order valence-corrected chi connectivity index (χ1v) is 46.7. The van der Waals surface area contributed by atoms with Gasteiger partial charge in [-0.15, -0.1) is 0 Å². The van der Waals surface area contributed by atoms with Gasteiger partial charge in [0, 0.05) is 46.5 Å². The number of rotatable bonds is 23. The van der Waals surface area contributed by atoms with Gasteiger partial charge in [0.15, 0.2) is 23.1 Å². The van der Waals surface area contributed by atoms with Gasteiger partial charge in [0.05, 0.1) is 46.2 Å². The van der Waals surface area contributed by atoms with E-state index in [0.29, 0.717) is 88.4 Å². The maximum Gasteiger partial charge on any atom is 0.338 e. The first-order chi connectivity index (χ1) is 63.1. The number of nitrogens with two attached hydrogens (primary N) is 1. The zero-order valence-electron chi connectivity index (χ0n) is 86.8. The summed E-state index contributed by atoms with van der Waals surface area (Å²) in [6, 6.07) is 84.4. The third kappa shape index (κ3) is 47.2. The van der Waals surface area contributed by atoms with Crippen molar-refractivity contribution in [2.75, 3.05) is 40.4 Å². The van der Waals surface area contributed by atoms with Crippen LogP contribution >= 0.6 is 0 Å². The number of ketones is 4. The van der Waals surface area contributed by atoms with E-state index in [-0.39, 0.29) is 54.3 Å². The number of benzene rings is 11. The van der Waals surface area contributed by atoms with Crippen molar-refractivity contribution in [3.63, 3.8) is 0 Å². The highest BCUT2D eigenvalue weighted by Gasteiger charge is 2.17. The Morgan fingerprint density at radius 1 is 0.289 bits per heavy atom. The molecule has 11 aromatic carbocycles. The molecule has 0 heterocycles. The molecule has 0 aromatic heterocycles. The minimum Gasteiger partial charge on any atom is -0.497 e. The summed E-state index contributed by atoms with van der Waals surface area (Å²) in [5.74, 6) is 7.73. The minimum absolute atomic E-state index is 0. The van der Waals surface area contributed by atoms with Gasteiger partial charge in [0.2, 0.25) is 11.8 Å². The van der Waals surface area contributed by atoms with Crippen LogP contribution in [0.1, 0.15) is 406 Å². The highest BCUT2D eigenvalue weighted by molar-refractivity contribution is 5.97. The number of carbonyl (C=O) groups is 8. The monoisotopic (exact) mass is 1840 g/mol. The second-order valence-corrected chi connectivity index (χ2v) is 35.8. The highest BCUT2D eigenvalue weighted by Crippen LogP contribution is 2.31. The molecule has 2 amide bonds. The number of ether oxygens (including phenoxy) is 5. The first kappa shape index (κ1) is 122. The number of carbonyl (C=O) groups excluding carboxylic acids is 8. The maximum absolute atomic E-state index is 11.5. The lowest BCUT2D eigenvalue weighted by atomic mass is 9.97. The Kier molecular flexibility index (Phi) is 59.7. The summed E-state index contributed by atoms with van der Waals surface area (Å²) in [7, 11) is 6.45. The predicted molar refractivity (Wildman–Crippen MR) is 567 cm³/mol. The van der Waals surface area contributed by atoms with Crippen molar-refractivity contribution in [3.05, 3.63) is 367 Å². The molecule has 135 heavy (non-hydrogen) atoms. The molecule has 0 bridgehead atoms. The van der Waals surface area contributed by atoms with Gasteiger partial charge in [-0.3, -0.25) is 28.8 Å². The topological polar surface area (TPSA) is 221 Å². The smallest absolute Gasteiger partial charge is 0.338 e. The molecule has 0 saturated carbocycles. The van der Waals surface area contributed by atoms with Gasteiger partial charge in [-0.25, -0.2) is 9.59 Å². The van der Waals surface area contributed by atoms with Crippen molar-refractivity contribution in [2.24, 2.45) is 5.73 Å². The Bertz CT molecular complexity index is 5020. The van der Waals surface area contributed by atoms with Crippen LogP contribution in [-0.2, 0) is 14.3 Å². The lowest BCUT2D eigenvalue weighted by Gasteiger charge is -2.12. The normalized spacial score (nSPS) is 10.2. The lowest BCUT2D eigenvalue weighted by Crippen LogP contribution is -2.14. The number of esters is 2. The molecule has 15 heteroatoms. The number of primary amides is 1. The predicted octanol–water partition coefficient (Wildman–Crippen LogP) is 31.7. The van der Waals surface area contributed by atoms with E-state index in [9.17, 15) is 38.4 Å². The molecule has 11 rings (SSSR count). The van der Waals surface area contributed by atoms with Gasteiger partial charge < -0.3 is 34.7 Å². The fraction of sp³-hybridized carbons (Fsp3) is 0.383. The molecule has 0 saturated heterocycles. The van der Waals surface area contributed by atoms with Crippen LogP contribution in [0.3, 0.4) is 0 Å². The van der Waals surface area contributed by atoms with E-state index in [1.54, 1.807) is 61.2 Å². The van der Waals surface area contributed by atoms with Crippen LogP contribution in [0.5, 0.6) is 17.2 Å². The van der Waals surface area contributed by atoms with Crippen molar-refractivity contribution in [3.8, 4) is 17.2 Å². The Hall–Kier alpha value is -12.6. The molecule has 0 fully saturated rings. The summed E-state index contributed by atoms with van der Waals surface area (Å²) >= 11 is 0. The molecule has 11 aromatic rings. The van der Waals surface area contributed by atoms with Gasteiger partial charge in [-0.05, 0) is 210 Å². The van der Waals surface area contributed by atoms with Crippen molar-refractivity contribution in [1.29, 1.82) is 0 Å². The second kappa shape index (κ2) is 65.9. The van der Waals surface area contributed by atoms with Gasteiger partial charge in [0.1, 0.15) is 17.2 Å². The summed E-state index contributed by atoms with van der Waals surface area (Å²) in [5.41, 5.74) is 26.0. The van der Waals surface area contributed by atoms with Crippen LogP contribution in [0.25, 0.3) is 0 Å². The molecule has 0 radical (unpaired) electrons. The fourth-order valence-electron chi connectivity index (χ4n) is 12.9. The van der Waals surface area contributed by atoms with E-state index >= 15 is 0 Å². The van der Waals surface area contributed by atoms with Crippen molar-refractivity contribution in [1.82, 2.24) is 0 Å². The van der Waals surface area contributed by atoms with E-state index in [2.05, 4.69) is 186 Å². The standard InChI is InChI=1S/C12H16O2.C11H15NO.C11H16O2.C11H14O2.4C11H14O.C10H13NO.C10H14O.C10H14.CH4/c1-4-14-12(13)11-8-6-5-7-10(11)9(2)3;1-8(2)10-4-6-11(7-5-10)12-9(3)13;1-8(2)10-6-5-9(12-3)7-11(10)13-4;1-8(2)9-6-4-5-7-10(9)11(12)13-3;4*1-8(2)10-4-6-11(7-5-10)9(3)12;1-7(2)8-5-3-4-6-9(8)10(11)12;1-8(2)9-6-4-5-7-10(9)11-3;1-8(2)10-6-4-9(3)5-7-10;/h5-9H,4H2,1-3H3;4-8H,1-3H3,(H,12,13);5-8H,1-4H3;4-8H,1-3H3;4*4-8H,1-3H3;3-7H,1-2H3,(H2,11,12);4-8H,1-3H3;4-8H,1-3H3;1H4. The number of hydrogen-bond acceptors (Lipinski definition) is 13. The van der Waals surface area contributed by atoms with Gasteiger partial charge in [-0.2, -0.15) is 0 Å². The number of para-hydroxylation sites is 1. The number of aryl methyl sites for hydroxylation is 1. The zero-order valence-corrected chi connectivity index (χ0v) is 86.8. The number of methoxy groups -OCH3 is 4. The zero-order chi connectivity index (χ0) is 102. The largest absolute Gasteiger partial charge is 0.497 e. The molecule has 15 nitrogen and oxygen atoms in total. The lowest BCUT2D eigenvalue weighted by molar-refractivity contribution is -0.114. The Morgan fingerprint density at radius 3 is 0.793 bits per heavy atom. The van der Waals surface area contributed by atoms with E-state index < -0.39 is 0 Å². The molecular formula is C120H162N2O13. The van der Waals surface area contributed by atoms with Crippen LogP contribution in [0.15, 0.2) is 261 Å². The maximum atomic E-state index is 11.5. The molecule has 0 atom stereocenters. The Labute approximate surface area is 813 Å². The summed E-state index contributed by atoms with van der Waals surface area (Å²) in [6.07, 6.45) is 0. The average molecular weight is 1840 g/mol. The summed E-state index contributed by atoms with van der Waals surface area (Å²) in [6.45, 7) is 59.0. The summed E-state index contributed by atoms with van der Waals surface area (Å²) in [4.78, 5) is 88.2. The number of Topliss-reactive ketones (excluding diaryl/α,β-unsaturated/α-hetero) is 4. The van der Waals surface area contributed by atoms with Crippen LogP contribution in [0.2, 0.25) is 0 Å². The number of hydrogen-bond donors (Lipinski definition) is 2. The summed E-state index contributed by atoms with van der Waals surface area (Å²) in [5, 5.41) is 2.73. The third-order valence-electron chi connectivity index (χ3n) is 21.3. The summed E-state index contributed by atoms with van der Waals surface area (Å²) < 4.78 is 25.3. The fourth-order valence-corrected chi connectivity index (χ4v) is 12.9. The van der Waals surface area contributed by atoms with Crippen LogP contribution in [-0.4, -0.2) is 81.9 Å². The van der Waals surface area contributed by atoms with E-state index in [1.165, 1.54) is 64.1 Å². The molecule has 0 aliphatic carbocycles. The molecule has 0 spiro atoms. The Morgan fingerprint density at radius 2 is 0.548 bits per heavy atom. The van der Waals surface area contributed by atoms with E-state index in [1.807, 2.05) is 239 Å². The van der Waals surface area contributed by atoms with Gasteiger partial charge >= 0.3 is 11.9 Å². The molecular weight excluding hydrogens is 1680 g/mol. The van der Waals surface area contributed by atoms with Gasteiger partial charge in [0.25, 0.3) is 0 Å². The van der Waals surface area contributed by atoms with E-state index in [4.69, 9.17) is 24.7 Å². The van der Waals surface area contributed by atoms with Crippen LogP contribution < -0.4 is 25.3 Å². The second-order valence-electron chi connectivity index (χ2n) is 35.8. The minimum atomic E-state index is -0.348. The van der Waals surface area contributed by atoms with Crippen LogP contribution in [0, 0.1) is 6.92 Å². The molecule has 0 unspecified atom stereocenters. The Balaban J connectivity index is 0.00000146. The first-order valence-electron chi connectivity index (χ1n) is 46.7. The van der Waals surface area contributed by atoms with Gasteiger partial charge in [-0.1, -0.05) is 378 Å².